The highest BCUT2D eigenvalue weighted by Crippen LogP contribution is 2.22. The van der Waals surface area contributed by atoms with E-state index in [0.29, 0.717) is 5.56 Å². The Labute approximate surface area is 175 Å². The second-order valence-electron chi connectivity index (χ2n) is 7.21. The third-order valence-electron chi connectivity index (χ3n) is 5.09. The summed E-state index contributed by atoms with van der Waals surface area (Å²) in [6.07, 6.45) is 0. The summed E-state index contributed by atoms with van der Waals surface area (Å²) in [4.78, 5) is 0. The number of benzene rings is 3. The fourth-order valence-electron chi connectivity index (χ4n) is 3.83. The monoisotopic (exact) mass is 464 g/mol. The summed E-state index contributed by atoms with van der Waals surface area (Å²) in [6, 6.07) is 2.71. The Balaban J connectivity index is 2.60. The lowest BCUT2D eigenvalue weighted by Gasteiger charge is -2.23. The minimum atomic E-state index is -2.55. The van der Waals surface area contributed by atoms with Crippen LogP contribution in [0, 0.1) is 78.9 Å². The summed E-state index contributed by atoms with van der Waals surface area (Å²) in [6.45, 7) is 1.61. The first kappa shape index (κ1) is 23.7. The molecule has 0 radical (unpaired) electrons. The molecule has 0 unspecified atom stereocenters. The van der Waals surface area contributed by atoms with E-state index >= 15 is 0 Å². The summed E-state index contributed by atoms with van der Waals surface area (Å²) in [5, 5.41) is 0. The molecule has 0 nitrogen and oxygen atoms in total. The van der Waals surface area contributed by atoms with Crippen molar-refractivity contribution in [3.05, 3.63) is 87.0 Å². The minimum absolute atomic E-state index is 0.0559. The highest BCUT2D eigenvalue weighted by atomic mass is 19.2. The molecule has 0 aliphatic carbocycles. The Hall–Kier alpha value is -2.98. The first-order chi connectivity index (χ1) is 14.8. The van der Waals surface area contributed by atoms with E-state index in [1.165, 1.54) is 26.0 Å². The summed E-state index contributed by atoms with van der Waals surface area (Å²) in [5.41, 5.74) is -3.22. The Kier molecular flexibility index (Phi) is 6.05. The molecule has 0 aliphatic rings. The highest BCUT2D eigenvalue weighted by molar-refractivity contribution is 6.96. The molecule has 11 heteroatoms. The van der Waals surface area contributed by atoms with Gasteiger partial charge < -0.3 is 0 Å². The van der Waals surface area contributed by atoms with Gasteiger partial charge in [0.05, 0.1) is 0 Å². The molecule has 0 aromatic heterocycles. The number of rotatable bonds is 3. The lowest BCUT2D eigenvalue weighted by Crippen LogP contribution is -2.59. The molecule has 3 aromatic carbocycles. The molecule has 0 spiro atoms. The third kappa shape index (κ3) is 3.43. The molecular formula is C21H11BF10. The van der Waals surface area contributed by atoms with Crippen molar-refractivity contribution < 1.29 is 43.9 Å². The molecule has 0 aliphatic heterocycles. The number of hydrogen-bond donors (Lipinski definition) is 0. The molecular weight excluding hydrogens is 453 g/mol. The first-order valence-electron chi connectivity index (χ1n) is 8.91. The molecule has 0 heterocycles. The van der Waals surface area contributed by atoms with Crippen LogP contribution in [0.1, 0.15) is 16.7 Å². The summed E-state index contributed by atoms with van der Waals surface area (Å²) < 4.78 is 142. The molecule has 0 amide bonds. The Bertz CT molecular complexity index is 1120. The van der Waals surface area contributed by atoms with Crippen LogP contribution in [0.25, 0.3) is 0 Å². The van der Waals surface area contributed by atoms with Crippen molar-refractivity contribution in [2.24, 2.45) is 0 Å². The zero-order chi connectivity index (χ0) is 24.2. The van der Waals surface area contributed by atoms with Gasteiger partial charge in [-0.15, -0.1) is 0 Å². The topological polar surface area (TPSA) is 0 Å². The van der Waals surface area contributed by atoms with E-state index in [-0.39, 0.29) is 16.6 Å². The van der Waals surface area contributed by atoms with Crippen molar-refractivity contribution in [3.8, 4) is 0 Å². The molecule has 0 saturated heterocycles. The van der Waals surface area contributed by atoms with Gasteiger partial charge in [0.2, 0.25) is 0 Å². The molecule has 0 N–H and O–H groups in total. The van der Waals surface area contributed by atoms with Gasteiger partial charge in [0, 0.05) is 10.9 Å². The summed E-state index contributed by atoms with van der Waals surface area (Å²) >= 11 is 0. The third-order valence-corrected chi connectivity index (χ3v) is 5.09. The van der Waals surface area contributed by atoms with Gasteiger partial charge >= 0.3 is 0 Å². The fraction of sp³-hybridized carbons (Fsp3) is 0.143. The van der Waals surface area contributed by atoms with Gasteiger partial charge in [0.1, 0.15) is 0 Å². The summed E-state index contributed by atoms with van der Waals surface area (Å²) in [5.74, 6) is -24.7. The maximum absolute atomic E-state index is 14.7. The number of hydrogen-bond acceptors (Lipinski definition) is 0. The van der Waals surface area contributed by atoms with E-state index in [1.807, 2.05) is 0 Å². The van der Waals surface area contributed by atoms with Crippen LogP contribution in [-0.2, 0) is 0 Å². The molecule has 0 atom stereocenters. The van der Waals surface area contributed by atoms with E-state index in [2.05, 4.69) is 0 Å². The van der Waals surface area contributed by atoms with Gasteiger partial charge in [-0.25, -0.2) is 43.9 Å². The Morgan fingerprint density at radius 1 is 0.406 bits per heavy atom. The smallest absolute Gasteiger partial charge is 0.204 e. The molecule has 3 aromatic rings. The van der Waals surface area contributed by atoms with Crippen molar-refractivity contribution in [1.29, 1.82) is 0 Å². The van der Waals surface area contributed by atoms with Crippen molar-refractivity contribution in [3.63, 3.8) is 0 Å². The molecule has 32 heavy (non-hydrogen) atoms. The second kappa shape index (κ2) is 8.18. The normalized spacial score (nSPS) is 11.3. The Morgan fingerprint density at radius 2 is 0.656 bits per heavy atom. The van der Waals surface area contributed by atoms with Crippen LogP contribution in [0.4, 0.5) is 43.9 Å². The van der Waals surface area contributed by atoms with Gasteiger partial charge in [-0.1, -0.05) is 34.3 Å². The van der Waals surface area contributed by atoms with Crippen LogP contribution < -0.4 is 16.4 Å². The van der Waals surface area contributed by atoms with Crippen LogP contribution in [0.5, 0.6) is 0 Å². The Morgan fingerprint density at radius 3 is 0.938 bits per heavy atom. The lowest BCUT2D eigenvalue weighted by atomic mass is 9.35. The second-order valence-corrected chi connectivity index (χ2v) is 7.21. The lowest BCUT2D eigenvalue weighted by molar-refractivity contribution is 0.382. The van der Waals surface area contributed by atoms with E-state index < -0.39 is 75.8 Å². The number of aryl methyl sites for hydroxylation is 3. The molecule has 3 rings (SSSR count). The zero-order valence-corrected chi connectivity index (χ0v) is 16.5. The highest BCUT2D eigenvalue weighted by Gasteiger charge is 2.41. The van der Waals surface area contributed by atoms with Crippen molar-refractivity contribution in [2.75, 3.05) is 0 Å². The molecule has 0 bridgehead atoms. The predicted molar refractivity (Wildman–Crippen MR) is 97.8 cm³/mol. The van der Waals surface area contributed by atoms with E-state index in [9.17, 15) is 43.9 Å². The van der Waals surface area contributed by atoms with Crippen LogP contribution in [-0.4, -0.2) is 6.71 Å². The maximum atomic E-state index is 14.7. The van der Waals surface area contributed by atoms with Crippen LogP contribution >= 0.6 is 0 Å². The average Bonchev–Trinajstić information content (AvgIpc) is 2.72. The minimum Gasteiger partial charge on any atom is -0.204 e. The number of halogens is 10. The first-order valence-corrected chi connectivity index (χ1v) is 8.91. The van der Waals surface area contributed by atoms with Gasteiger partial charge in [-0.3, -0.25) is 0 Å². The van der Waals surface area contributed by atoms with Crippen LogP contribution in [0.15, 0.2) is 12.1 Å². The largest absolute Gasteiger partial charge is 0.257 e. The van der Waals surface area contributed by atoms with E-state index in [0.717, 1.165) is 0 Å². The standard InChI is InChI=1S/C21H11BF10/c1-6-4-7(2)9(8(3)5-6)22(10-12(23)16(27)20(31)17(28)13(10)24)11-14(25)18(29)21(32)19(30)15(11)26/h4-5H,1-3H3. The van der Waals surface area contributed by atoms with Gasteiger partial charge in [0.25, 0.3) is 6.71 Å². The van der Waals surface area contributed by atoms with Gasteiger partial charge in [-0.2, -0.15) is 0 Å². The predicted octanol–water partition coefficient (Wildman–Crippen LogP) is 4.52. The average molecular weight is 464 g/mol. The zero-order valence-electron chi connectivity index (χ0n) is 16.5. The molecule has 0 saturated carbocycles. The SMILES string of the molecule is Cc1cc(C)c(B(c2c(F)c(F)c(F)c(F)c2F)c2c(F)c(F)c(F)c(F)c2F)c(C)c1. The summed E-state index contributed by atoms with van der Waals surface area (Å²) in [7, 11) is 0. The molecule has 168 valence electrons. The van der Waals surface area contributed by atoms with E-state index in [1.54, 1.807) is 6.92 Å². The molecule has 0 fully saturated rings. The van der Waals surface area contributed by atoms with Crippen LogP contribution in [0.2, 0.25) is 0 Å². The van der Waals surface area contributed by atoms with Gasteiger partial charge in [-0.05, 0) is 20.8 Å². The van der Waals surface area contributed by atoms with Crippen molar-refractivity contribution >= 4 is 23.1 Å². The van der Waals surface area contributed by atoms with Gasteiger partial charge in [0.15, 0.2) is 58.2 Å². The quantitative estimate of drug-likeness (QED) is 0.232. The van der Waals surface area contributed by atoms with Crippen LogP contribution in [0.3, 0.4) is 0 Å². The van der Waals surface area contributed by atoms with E-state index in [4.69, 9.17) is 0 Å². The van der Waals surface area contributed by atoms with Crippen molar-refractivity contribution in [2.45, 2.75) is 20.8 Å². The fourth-order valence-corrected chi connectivity index (χ4v) is 3.83. The van der Waals surface area contributed by atoms with Crippen molar-refractivity contribution in [1.82, 2.24) is 0 Å². The maximum Gasteiger partial charge on any atom is 0.257 e.